The summed E-state index contributed by atoms with van der Waals surface area (Å²) < 4.78 is 0. The Morgan fingerprint density at radius 1 is 1.42 bits per heavy atom. The number of carbonyl (C=O) groups is 2. The summed E-state index contributed by atoms with van der Waals surface area (Å²) in [5, 5.41) is 23.4. The first kappa shape index (κ1) is 13.4. The lowest BCUT2D eigenvalue weighted by molar-refractivity contribution is -0.146. The van der Waals surface area contributed by atoms with Crippen LogP contribution in [-0.4, -0.2) is 41.3 Å². The van der Waals surface area contributed by atoms with Crippen LogP contribution in [0.1, 0.15) is 22.3 Å². The number of rotatable bonds is 5. The molecule has 102 valence electrons. The second-order valence-electron chi connectivity index (χ2n) is 4.45. The number of aliphatic carboxylic acids is 1. The van der Waals surface area contributed by atoms with Gasteiger partial charge in [-0.05, 0) is 30.2 Å². The van der Waals surface area contributed by atoms with Gasteiger partial charge in [0, 0.05) is 30.8 Å². The fourth-order valence-corrected chi connectivity index (χ4v) is 1.99. The monoisotopic (exact) mass is 264 g/mol. The molecule has 0 saturated carbocycles. The number of hydrogen-bond donors (Lipinski definition) is 4. The maximum absolute atomic E-state index is 11.8. The van der Waals surface area contributed by atoms with Crippen LogP contribution in [0.25, 0.3) is 0 Å². The SMILES string of the molecule is O=C(NCC[C@H](O)C(=O)O)c1ccc2c(c1)CCN2. The number of carboxylic acid groups (broad SMARTS) is 1. The van der Waals surface area contributed by atoms with E-state index in [2.05, 4.69) is 10.6 Å². The van der Waals surface area contributed by atoms with E-state index < -0.39 is 12.1 Å². The number of amides is 1. The molecule has 0 fully saturated rings. The van der Waals surface area contributed by atoms with E-state index >= 15 is 0 Å². The van der Waals surface area contributed by atoms with Crippen molar-refractivity contribution in [2.75, 3.05) is 18.4 Å². The predicted octanol–water partition coefficient (Wildman–Crippen LogP) is 0.220. The maximum Gasteiger partial charge on any atom is 0.332 e. The topological polar surface area (TPSA) is 98.7 Å². The minimum Gasteiger partial charge on any atom is -0.479 e. The van der Waals surface area contributed by atoms with Gasteiger partial charge in [0.05, 0.1) is 0 Å². The standard InChI is InChI=1S/C13H16N2O4/c16-11(13(18)19)4-6-15-12(17)9-1-2-10-8(7-9)3-5-14-10/h1-2,7,11,14,16H,3-6H2,(H,15,17)(H,18,19)/t11-/m0/s1. The molecular weight excluding hydrogens is 248 g/mol. The highest BCUT2D eigenvalue weighted by molar-refractivity contribution is 5.95. The van der Waals surface area contributed by atoms with Crippen molar-refractivity contribution < 1.29 is 19.8 Å². The van der Waals surface area contributed by atoms with Gasteiger partial charge in [-0.15, -0.1) is 0 Å². The molecule has 1 heterocycles. The highest BCUT2D eigenvalue weighted by atomic mass is 16.4. The molecule has 0 radical (unpaired) electrons. The molecule has 1 aromatic rings. The molecule has 19 heavy (non-hydrogen) atoms. The van der Waals surface area contributed by atoms with E-state index in [1.165, 1.54) is 0 Å². The molecule has 2 rings (SSSR count). The lowest BCUT2D eigenvalue weighted by atomic mass is 10.1. The lowest BCUT2D eigenvalue weighted by Crippen LogP contribution is -2.30. The van der Waals surface area contributed by atoms with Crippen LogP contribution >= 0.6 is 0 Å². The molecule has 0 saturated heterocycles. The Kier molecular flexibility index (Phi) is 4.01. The average molecular weight is 264 g/mol. The summed E-state index contributed by atoms with van der Waals surface area (Å²) in [4.78, 5) is 22.2. The fraction of sp³-hybridized carbons (Fsp3) is 0.385. The van der Waals surface area contributed by atoms with Gasteiger partial charge in [-0.3, -0.25) is 4.79 Å². The molecule has 1 amide bonds. The quantitative estimate of drug-likeness (QED) is 0.610. The fourth-order valence-electron chi connectivity index (χ4n) is 1.99. The van der Waals surface area contributed by atoms with Gasteiger partial charge in [-0.1, -0.05) is 0 Å². The van der Waals surface area contributed by atoms with E-state index in [0.29, 0.717) is 5.56 Å². The largest absolute Gasteiger partial charge is 0.479 e. The van der Waals surface area contributed by atoms with Crippen molar-refractivity contribution in [2.45, 2.75) is 18.9 Å². The number of carbonyl (C=O) groups excluding carboxylic acids is 1. The number of carboxylic acids is 1. The van der Waals surface area contributed by atoms with E-state index in [4.69, 9.17) is 10.2 Å². The van der Waals surface area contributed by atoms with Gasteiger partial charge in [0.1, 0.15) is 0 Å². The van der Waals surface area contributed by atoms with E-state index in [0.717, 1.165) is 24.2 Å². The molecule has 1 aromatic carbocycles. The van der Waals surface area contributed by atoms with Crippen molar-refractivity contribution in [1.29, 1.82) is 0 Å². The zero-order chi connectivity index (χ0) is 13.8. The van der Waals surface area contributed by atoms with Crippen molar-refractivity contribution >= 4 is 17.6 Å². The molecular formula is C13H16N2O4. The zero-order valence-electron chi connectivity index (χ0n) is 10.3. The van der Waals surface area contributed by atoms with Gasteiger partial charge in [0.25, 0.3) is 5.91 Å². The Labute approximate surface area is 110 Å². The highest BCUT2D eigenvalue weighted by Gasteiger charge is 2.15. The minimum atomic E-state index is -1.44. The Bertz CT molecular complexity index is 501. The maximum atomic E-state index is 11.8. The average Bonchev–Trinajstić information content (AvgIpc) is 2.85. The number of hydrogen-bond acceptors (Lipinski definition) is 4. The van der Waals surface area contributed by atoms with Gasteiger partial charge in [-0.2, -0.15) is 0 Å². The second-order valence-corrected chi connectivity index (χ2v) is 4.45. The molecule has 6 heteroatoms. The predicted molar refractivity (Wildman–Crippen MR) is 69.2 cm³/mol. The van der Waals surface area contributed by atoms with Crippen LogP contribution in [0.5, 0.6) is 0 Å². The Hall–Kier alpha value is -2.08. The van der Waals surface area contributed by atoms with Gasteiger partial charge in [0.2, 0.25) is 0 Å². The van der Waals surface area contributed by atoms with Crippen molar-refractivity contribution in [3.05, 3.63) is 29.3 Å². The molecule has 1 aliphatic rings. The smallest absolute Gasteiger partial charge is 0.332 e. The number of fused-ring (bicyclic) bond motifs is 1. The first-order valence-corrected chi connectivity index (χ1v) is 6.14. The molecule has 0 unspecified atom stereocenters. The Morgan fingerprint density at radius 3 is 2.95 bits per heavy atom. The third kappa shape index (κ3) is 3.23. The van der Waals surface area contributed by atoms with Crippen LogP contribution in [0, 0.1) is 0 Å². The normalized spacial score (nSPS) is 14.4. The summed E-state index contributed by atoms with van der Waals surface area (Å²) in [6, 6.07) is 5.42. The van der Waals surface area contributed by atoms with Crippen molar-refractivity contribution in [3.63, 3.8) is 0 Å². The van der Waals surface area contributed by atoms with Gasteiger partial charge < -0.3 is 20.8 Å². The van der Waals surface area contributed by atoms with E-state index in [1.54, 1.807) is 6.07 Å². The Morgan fingerprint density at radius 2 is 2.21 bits per heavy atom. The summed E-state index contributed by atoms with van der Waals surface area (Å²) in [6.45, 7) is 1.01. The molecule has 0 spiro atoms. The first-order chi connectivity index (χ1) is 9.08. The second kappa shape index (κ2) is 5.71. The van der Waals surface area contributed by atoms with Gasteiger partial charge >= 0.3 is 5.97 Å². The molecule has 0 aliphatic carbocycles. The number of benzene rings is 1. The number of anilines is 1. The summed E-state index contributed by atoms with van der Waals surface area (Å²) in [5.41, 5.74) is 2.71. The summed E-state index contributed by atoms with van der Waals surface area (Å²) in [6.07, 6.45) is -0.550. The van der Waals surface area contributed by atoms with Crippen LogP contribution in [0.3, 0.4) is 0 Å². The van der Waals surface area contributed by atoms with Crippen LogP contribution in [0.15, 0.2) is 18.2 Å². The summed E-state index contributed by atoms with van der Waals surface area (Å²) >= 11 is 0. The Balaban J connectivity index is 1.88. The lowest BCUT2D eigenvalue weighted by Gasteiger charge is -2.08. The molecule has 0 aromatic heterocycles. The number of aliphatic hydroxyl groups excluding tert-OH is 1. The number of aliphatic hydroxyl groups is 1. The zero-order valence-corrected chi connectivity index (χ0v) is 10.3. The van der Waals surface area contributed by atoms with Crippen LogP contribution in [0.4, 0.5) is 5.69 Å². The van der Waals surface area contributed by atoms with Crippen molar-refractivity contribution in [3.8, 4) is 0 Å². The summed E-state index contributed by atoms with van der Waals surface area (Å²) in [7, 11) is 0. The molecule has 1 atom stereocenters. The third-order valence-corrected chi connectivity index (χ3v) is 3.07. The summed E-state index contributed by atoms with van der Waals surface area (Å²) in [5.74, 6) is -1.54. The van der Waals surface area contributed by atoms with Crippen molar-refractivity contribution in [1.82, 2.24) is 5.32 Å². The van der Waals surface area contributed by atoms with Crippen LogP contribution in [-0.2, 0) is 11.2 Å². The van der Waals surface area contributed by atoms with Gasteiger partial charge in [0.15, 0.2) is 6.10 Å². The van der Waals surface area contributed by atoms with E-state index in [-0.39, 0.29) is 18.9 Å². The third-order valence-electron chi connectivity index (χ3n) is 3.07. The van der Waals surface area contributed by atoms with E-state index in [1.807, 2.05) is 12.1 Å². The van der Waals surface area contributed by atoms with Crippen LogP contribution in [0.2, 0.25) is 0 Å². The highest BCUT2D eigenvalue weighted by Crippen LogP contribution is 2.22. The molecule has 4 N–H and O–H groups in total. The molecule has 1 aliphatic heterocycles. The first-order valence-electron chi connectivity index (χ1n) is 6.14. The van der Waals surface area contributed by atoms with Gasteiger partial charge in [-0.25, -0.2) is 4.79 Å². The molecule has 6 nitrogen and oxygen atoms in total. The van der Waals surface area contributed by atoms with Crippen molar-refractivity contribution in [2.24, 2.45) is 0 Å². The van der Waals surface area contributed by atoms with E-state index in [9.17, 15) is 9.59 Å². The molecule has 0 bridgehead atoms. The van der Waals surface area contributed by atoms with Crippen LogP contribution < -0.4 is 10.6 Å². The minimum absolute atomic E-state index is 0.00638. The number of nitrogens with one attached hydrogen (secondary N) is 2.